The third-order valence-corrected chi connectivity index (χ3v) is 14.2. The Morgan fingerprint density at radius 1 is 0.382 bits per heavy atom. The van der Waals surface area contributed by atoms with Crippen molar-refractivity contribution in [1.82, 2.24) is 0 Å². The highest BCUT2D eigenvalue weighted by molar-refractivity contribution is 5.84. The molecule has 6 aromatic carbocycles. The molecule has 462 valence electrons. The number of fused-ring (bicyclic) bond motifs is 6. The van der Waals surface area contributed by atoms with Crippen LogP contribution in [0.2, 0.25) is 0 Å². The van der Waals surface area contributed by atoms with Gasteiger partial charge in [-0.15, -0.1) is 0 Å². The maximum Gasteiger partial charge on any atom is 0.608 e. The van der Waals surface area contributed by atoms with Crippen molar-refractivity contribution in [1.29, 1.82) is 0 Å². The van der Waals surface area contributed by atoms with E-state index in [0.717, 1.165) is 107 Å². The predicted octanol–water partition coefficient (Wildman–Crippen LogP) is 17.0. The number of rotatable bonds is 2. The van der Waals surface area contributed by atoms with Crippen molar-refractivity contribution in [3.63, 3.8) is 0 Å². The van der Waals surface area contributed by atoms with Gasteiger partial charge in [-0.2, -0.15) is 28.8 Å². The second kappa shape index (κ2) is 27.0. The smallest absolute Gasteiger partial charge is 0.365 e. The van der Waals surface area contributed by atoms with Crippen LogP contribution in [0.5, 0.6) is 34.5 Å². The molecule has 0 spiro atoms. The number of nitrogens with zero attached hydrogens (tertiary/aromatic N) is 6. The Morgan fingerprint density at radius 3 is 0.933 bits per heavy atom. The van der Waals surface area contributed by atoms with E-state index in [0.29, 0.717) is 40.4 Å². The molecule has 0 aromatic heterocycles. The summed E-state index contributed by atoms with van der Waals surface area (Å²) < 4.78 is 40.2. The first-order valence-electron chi connectivity index (χ1n) is 29.4. The highest BCUT2D eigenvalue weighted by atomic mass is 16.6. The van der Waals surface area contributed by atoms with Gasteiger partial charge in [0.15, 0.2) is 31.1 Å². The molecule has 0 saturated carbocycles. The second-order valence-corrected chi connectivity index (χ2v) is 24.1. The Kier molecular flexibility index (Phi) is 20.3. The van der Waals surface area contributed by atoms with Crippen molar-refractivity contribution in [3.05, 3.63) is 140 Å². The molecule has 6 heterocycles. The molecule has 0 saturated heterocycles. The third kappa shape index (κ3) is 14.9. The third-order valence-electron chi connectivity index (χ3n) is 14.2. The molecule has 18 nitrogen and oxygen atoms in total. The van der Waals surface area contributed by atoms with Gasteiger partial charge in [0, 0.05) is 68.0 Å². The minimum absolute atomic E-state index is 0.0711. The zero-order valence-electron chi connectivity index (χ0n) is 54.9. The summed E-state index contributed by atoms with van der Waals surface area (Å²) in [6, 6.07) is 23.8. The van der Waals surface area contributed by atoms with Crippen LogP contribution >= 0.6 is 0 Å². The molecule has 0 N–H and O–H groups in total. The molecule has 18 heteroatoms. The van der Waals surface area contributed by atoms with Crippen molar-refractivity contribution in [2.45, 2.75) is 145 Å². The van der Waals surface area contributed by atoms with Gasteiger partial charge in [0.25, 0.3) is 34.1 Å². The molecule has 0 radical (unpaired) electrons. The van der Waals surface area contributed by atoms with Crippen LogP contribution in [0.4, 0.5) is 62.9 Å². The van der Waals surface area contributed by atoms with Crippen LogP contribution in [0.15, 0.2) is 72.8 Å². The molecular weight excluding hydrogens is 1130 g/mol. The molecular formula is C71H82N6O12+6. The number of ether oxygens (including phenoxy) is 6. The number of carbonyl (C=O) groups excluding carboxylic acids is 6. The zero-order valence-corrected chi connectivity index (χ0v) is 54.9. The van der Waals surface area contributed by atoms with Crippen molar-refractivity contribution in [3.8, 4) is 34.5 Å². The topological polar surface area (TPSA) is 176 Å². The lowest BCUT2D eigenvalue weighted by atomic mass is 9.99. The standard InChI is InChI=1S/C14H18NO2.C13H16NO2.C12H14NO2.2C11H12NO2.C10H10NO2/c1-9-6-10(2)12-11(7-9)15(13(16)17-12)8-14(3,4)5;1-8(2)7-14-11-6-9(3)5-10(4)12(11)16-13(14)15;1-4-5-13-10-7-8(2)6-9(3)11(10)15-12(13)14;2*1-4-12-9-6-7(2)5-8(3)10(9)14-11(12)13;1-6-4-7(2)9-8(5-6)11(3)10(12)13-9/h6-8H,1-5H3;5-8H,1-4H3;5-7H,4H2,1-3H3;2*4-6H,1-3H3;4-5H,3H2,1-2H3/q6*+1/b15-8+;14-7+;13-5+;2*12-4+;. The number of hydrogen-bond donors (Lipinski definition) is 0. The number of aryl methyl sites for hydroxylation is 12. The summed E-state index contributed by atoms with van der Waals surface area (Å²) in [5.74, 6) is 4.35. The van der Waals surface area contributed by atoms with Crippen molar-refractivity contribution in [2.24, 2.45) is 11.3 Å². The molecule has 0 unspecified atom stereocenters. The fourth-order valence-corrected chi connectivity index (χ4v) is 10.7. The van der Waals surface area contributed by atoms with E-state index in [2.05, 4.69) is 27.5 Å². The first kappa shape index (κ1) is 66.7. The monoisotopic (exact) mass is 1210 g/mol. The van der Waals surface area contributed by atoms with Crippen LogP contribution in [0.1, 0.15) is 129 Å². The first-order chi connectivity index (χ1) is 41.7. The number of amides is 6. The van der Waals surface area contributed by atoms with Crippen LogP contribution in [0, 0.1) is 94.4 Å². The second-order valence-electron chi connectivity index (χ2n) is 24.1. The fraction of sp³-hybridized carbons (Fsp3) is 0.324. The largest absolute Gasteiger partial charge is 0.608 e. The number of carbonyl (C=O) groups is 6. The Bertz CT molecular complexity index is 4070. The molecule has 0 bridgehead atoms. The normalized spacial score (nSPS) is 16.6. The van der Waals surface area contributed by atoms with Gasteiger partial charge >= 0.3 is 36.6 Å². The van der Waals surface area contributed by atoms with Crippen molar-refractivity contribution >= 4 is 108 Å². The maximum atomic E-state index is 11.8. The summed E-state index contributed by atoms with van der Waals surface area (Å²) in [4.78, 5) is 69.0. The Morgan fingerprint density at radius 2 is 0.629 bits per heavy atom. The van der Waals surface area contributed by atoms with E-state index in [4.69, 9.17) is 28.4 Å². The first-order valence-corrected chi connectivity index (χ1v) is 29.4. The van der Waals surface area contributed by atoms with Gasteiger partial charge in [0.1, 0.15) is 6.72 Å². The molecule has 6 aliphatic rings. The summed E-state index contributed by atoms with van der Waals surface area (Å²) in [5.41, 5.74) is 17.7. The molecule has 6 amide bonds. The van der Waals surface area contributed by atoms with Gasteiger partial charge in [-0.3, -0.25) is 0 Å². The molecule has 6 aliphatic heterocycles. The van der Waals surface area contributed by atoms with E-state index in [9.17, 15) is 28.8 Å². The van der Waals surface area contributed by atoms with Crippen LogP contribution in [-0.2, 0) is 0 Å². The minimum atomic E-state index is -0.413. The van der Waals surface area contributed by atoms with E-state index >= 15 is 0 Å². The molecule has 89 heavy (non-hydrogen) atoms. The highest BCUT2D eigenvalue weighted by Crippen LogP contribution is 2.42. The Labute approximate surface area is 521 Å². The van der Waals surface area contributed by atoms with E-state index < -0.39 is 6.09 Å². The maximum absolute atomic E-state index is 11.8. The number of hydrogen-bond acceptors (Lipinski definition) is 12. The van der Waals surface area contributed by atoms with Crippen LogP contribution in [0.3, 0.4) is 0 Å². The van der Waals surface area contributed by atoms with Crippen LogP contribution < -0.4 is 28.4 Å². The summed E-state index contributed by atoms with van der Waals surface area (Å²) in [6.07, 6.45) is 7.87. The van der Waals surface area contributed by atoms with Crippen molar-refractivity contribution < 1.29 is 84.6 Å². The SMILES string of the molecule is C/C=[N+]1/C(=O)Oc2c(C)cc(C)cc21.C/C=[N+]1/C(=O)Oc2c(C)cc(C)cc21.C=[N+]1C(=O)Oc2c(C)cc(C)cc21.CC/C=[N+]1/C(=O)Oc2c(C)cc(C)cc21.Cc1cc(C)c2c(c1)/[N+](=C\C(C)(C)C)C(=O)O2.Cc1cc(C)c2c(c1)/[N+](=C\C(C)C)C(=O)O2. The lowest BCUT2D eigenvalue weighted by Gasteiger charge is -2.06. The Hall–Kier alpha value is -9.84. The minimum Gasteiger partial charge on any atom is -0.365 e. The molecule has 6 aromatic rings. The predicted molar refractivity (Wildman–Crippen MR) is 345 cm³/mol. The van der Waals surface area contributed by atoms with E-state index in [1.165, 1.54) is 13.7 Å². The van der Waals surface area contributed by atoms with Gasteiger partial charge in [-0.05, 0) is 150 Å². The average molecular weight is 1210 g/mol. The van der Waals surface area contributed by atoms with E-state index in [1.54, 1.807) is 26.2 Å². The lowest BCUT2D eigenvalue weighted by Crippen LogP contribution is -2.21. The summed E-state index contributed by atoms with van der Waals surface area (Å²) in [6.45, 7) is 43.2. The van der Waals surface area contributed by atoms with Gasteiger partial charge in [0.05, 0.1) is 0 Å². The van der Waals surface area contributed by atoms with Crippen LogP contribution in [0.25, 0.3) is 0 Å². The lowest BCUT2D eigenvalue weighted by molar-refractivity contribution is -0.333. The summed E-state index contributed by atoms with van der Waals surface area (Å²) in [7, 11) is 0. The van der Waals surface area contributed by atoms with Gasteiger partial charge in [0.2, 0.25) is 34.5 Å². The van der Waals surface area contributed by atoms with E-state index in [-0.39, 0.29) is 35.9 Å². The summed E-state index contributed by atoms with van der Waals surface area (Å²) >= 11 is 0. The molecule has 12 rings (SSSR count). The van der Waals surface area contributed by atoms with Crippen LogP contribution in [-0.4, -0.2) is 102 Å². The van der Waals surface area contributed by atoms with Gasteiger partial charge in [-0.25, -0.2) is 0 Å². The quantitative estimate of drug-likeness (QED) is 0.150. The van der Waals surface area contributed by atoms with Gasteiger partial charge < -0.3 is 28.4 Å². The zero-order chi connectivity index (χ0) is 65.8. The van der Waals surface area contributed by atoms with Crippen molar-refractivity contribution in [2.75, 3.05) is 0 Å². The Balaban J connectivity index is 0.000000152. The highest BCUT2D eigenvalue weighted by Gasteiger charge is 2.42. The average Bonchev–Trinajstić information content (AvgIpc) is 1.97. The summed E-state index contributed by atoms with van der Waals surface area (Å²) in [5, 5.41) is 0. The number of benzene rings is 6. The molecule has 0 aliphatic carbocycles. The van der Waals surface area contributed by atoms with Gasteiger partial charge in [-0.1, -0.05) is 105 Å². The fourth-order valence-electron chi connectivity index (χ4n) is 10.7. The van der Waals surface area contributed by atoms with E-state index in [1.807, 2.05) is 209 Å². The molecule has 0 atom stereocenters. The molecule has 0 fully saturated rings.